The van der Waals surface area contributed by atoms with Gasteiger partial charge in [-0.1, -0.05) is 19.1 Å². The zero-order valence-corrected chi connectivity index (χ0v) is 12.1. The molecule has 0 atom stereocenters. The maximum atomic E-state index is 5.91. The summed E-state index contributed by atoms with van der Waals surface area (Å²) < 4.78 is 5.16. The van der Waals surface area contributed by atoms with Crippen molar-refractivity contribution in [2.75, 3.05) is 24.8 Å². The Bertz CT molecular complexity index is 569. The van der Waals surface area contributed by atoms with Gasteiger partial charge in [0.25, 0.3) is 0 Å². The summed E-state index contributed by atoms with van der Waals surface area (Å²) in [6.07, 6.45) is 2.32. The van der Waals surface area contributed by atoms with Crippen LogP contribution in [0.4, 0.5) is 11.6 Å². The van der Waals surface area contributed by atoms with Crippen LogP contribution in [-0.2, 0) is 13.0 Å². The van der Waals surface area contributed by atoms with Gasteiger partial charge in [0.2, 0.25) is 0 Å². The van der Waals surface area contributed by atoms with E-state index in [2.05, 4.69) is 21.8 Å². The van der Waals surface area contributed by atoms with Crippen molar-refractivity contribution in [3.63, 3.8) is 0 Å². The predicted molar refractivity (Wildman–Crippen MR) is 80.9 cm³/mol. The first kappa shape index (κ1) is 14.1. The number of rotatable bonds is 5. The predicted octanol–water partition coefficient (Wildman–Crippen LogP) is 2.27. The maximum absolute atomic E-state index is 5.91. The molecular formula is C15H20N4O. The third kappa shape index (κ3) is 2.99. The van der Waals surface area contributed by atoms with Crippen molar-refractivity contribution in [2.45, 2.75) is 19.9 Å². The molecule has 0 bridgehead atoms. The molecule has 5 nitrogen and oxygen atoms in total. The van der Waals surface area contributed by atoms with Crippen molar-refractivity contribution in [1.29, 1.82) is 0 Å². The van der Waals surface area contributed by atoms with Crippen LogP contribution in [0.2, 0.25) is 0 Å². The molecule has 5 heteroatoms. The van der Waals surface area contributed by atoms with Gasteiger partial charge in [0.05, 0.1) is 7.11 Å². The van der Waals surface area contributed by atoms with Crippen molar-refractivity contribution in [3.8, 4) is 5.75 Å². The van der Waals surface area contributed by atoms with E-state index >= 15 is 0 Å². The van der Waals surface area contributed by atoms with E-state index in [1.54, 1.807) is 7.11 Å². The van der Waals surface area contributed by atoms with Crippen LogP contribution in [0.1, 0.15) is 18.1 Å². The van der Waals surface area contributed by atoms with Crippen molar-refractivity contribution < 1.29 is 4.74 Å². The summed E-state index contributed by atoms with van der Waals surface area (Å²) in [7, 11) is 3.67. The number of hydrogen-bond acceptors (Lipinski definition) is 5. The van der Waals surface area contributed by atoms with Gasteiger partial charge in [0, 0.05) is 19.2 Å². The molecule has 1 aromatic heterocycles. The zero-order valence-electron chi connectivity index (χ0n) is 12.1. The molecule has 0 radical (unpaired) electrons. The number of nitrogens with two attached hydrogens (primary N) is 1. The topological polar surface area (TPSA) is 64.3 Å². The Balaban J connectivity index is 2.19. The fraction of sp³-hybridized carbons (Fsp3) is 0.333. The van der Waals surface area contributed by atoms with Gasteiger partial charge < -0.3 is 15.4 Å². The highest BCUT2D eigenvalue weighted by atomic mass is 16.5. The van der Waals surface area contributed by atoms with Crippen LogP contribution in [0.5, 0.6) is 5.75 Å². The molecular weight excluding hydrogens is 252 g/mol. The van der Waals surface area contributed by atoms with Gasteiger partial charge in [0.15, 0.2) is 0 Å². The number of anilines is 2. The van der Waals surface area contributed by atoms with E-state index in [9.17, 15) is 0 Å². The van der Waals surface area contributed by atoms with Gasteiger partial charge in [-0.05, 0) is 24.1 Å². The average molecular weight is 272 g/mol. The van der Waals surface area contributed by atoms with E-state index in [4.69, 9.17) is 10.5 Å². The third-order valence-corrected chi connectivity index (χ3v) is 3.25. The molecule has 0 unspecified atom stereocenters. The Kier molecular flexibility index (Phi) is 4.40. The van der Waals surface area contributed by atoms with Crippen LogP contribution in [-0.4, -0.2) is 24.1 Å². The highest BCUT2D eigenvalue weighted by Crippen LogP contribution is 2.22. The summed E-state index contributed by atoms with van der Waals surface area (Å²) in [6, 6.07) is 8.01. The summed E-state index contributed by atoms with van der Waals surface area (Å²) in [5.41, 5.74) is 8.08. The summed E-state index contributed by atoms with van der Waals surface area (Å²) in [6.45, 7) is 2.81. The summed E-state index contributed by atoms with van der Waals surface area (Å²) in [5, 5.41) is 0. The van der Waals surface area contributed by atoms with Gasteiger partial charge >= 0.3 is 0 Å². The second-order valence-electron chi connectivity index (χ2n) is 4.62. The third-order valence-electron chi connectivity index (χ3n) is 3.25. The number of benzene rings is 1. The molecule has 0 spiro atoms. The number of aromatic nitrogens is 2. The molecule has 0 saturated heterocycles. The molecule has 0 aliphatic carbocycles. The Morgan fingerprint density at radius 3 is 2.50 bits per heavy atom. The quantitative estimate of drug-likeness (QED) is 0.904. The lowest BCUT2D eigenvalue weighted by atomic mass is 10.1. The van der Waals surface area contributed by atoms with Gasteiger partial charge in [-0.15, -0.1) is 0 Å². The van der Waals surface area contributed by atoms with Crippen molar-refractivity contribution >= 4 is 11.6 Å². The molecule has 1 heterocycles. The minimum atomic E-state index is 0.555. The summed E-state index contributed by atoms with van der Waals surface area (Å²) in [5.74, 6) is 2.30. The van der Waals surface area contributed by atoms with Gasteiger partial charge in [-0.3, -0.25) is 0 Å². The minimum absolute atomic E-state index is 0.555. The second kappa shape index (κ2) is 6.23. The van der Waals surface area contributed by atoms with E-state index < -0.39 is 0 Å². The van der Waals surface area contributed by atoms with Crippen molar-refractivity contribution in [2.24, 2.45) is 0 Å². The number of hydrogen-bond donors (Lipinski definition) is 1. The number of nitrogen functional groups attached to an aromatic ring is 1. The van der Waals surface area contributed by atoms with Crippen LogP contribution in [0.25, 0.3) is 0 Å². The average Bonchev–Trinajstić information content (AvgIpc) is 2.47. The van der Waals surface area contributed by atoms with Crippen molar-refractivity contribution in [3.05, 3.63) is 41.7 Å². The first-order valence-corrected chi connectivity index (χ1v) is 6.59. The van der Waals surface area contributed by atoms with E-state index in [0.29, 0.717) is 5.82 Å². The fourth-order valence-electron chi connectivity index (χ4n) is 2.16. The molecule has 0 fully saturated rings. The molecule has 2 rings (SSSR count). The van der Waals surface area contributed by atoms with Crippen LogP contribution in [0.15, 0.2) is 30.6 Å². The Morgan fingerprint density at radius 2 is 1.90 bits per heavy atom. The molecule has 0 saturated carbocycles. The lowest BCUT2D eigenvalue weighted by Gasteiger charge is -2.21. The van der Waals surface area contributed by atoms with Gasteiger partial charge in [-0.25, -0.2) is 9.97 Å². The molecule has 106 valence electrons. The Hall–Kier alpha value is -2.30. The van der Waals surface area contributed by atoms with Crippen LogP contribution in [0, 0.1) is 0 Å². The smallest absolute Gasteiger partial charge is 0.137 e. The molecule has 0 aliphatic heterocycles. The highest BCUT2D eigenvalue weighted by molar-refractivity contribution is 5.56. The SMILES string of the molecule is CCc1c(N)ncnc1N(C)Cc1ccc(OC)cc1. The fourth-order valence-corrected chi connectivity index (χ4v) is 2.16. The number of nitrogens with zero attached hydrogens (tertiary/aromatic N) is 3. The normalized spacial score (nSPS) is 10.3. The summed E-state index contributed by atoms with van der Waals surface area (Å²) >= 11 is 0. The number of ether oxygens (including phenoxy) is 1. The Labute approximate surface area is 119 Å². The lowest BCUT2D eigenvalue weighted by molar-refractivity contribution is 0.414. The maximum Gasteiger partial charge on any atom is 0.137 e. The zero-order chi connectivity index (χ0) is 14.5. The number of methoxy groups -OCH3 is 1. The molecule has 1 aromatic carbocycles. The van der Waals surface area contributed by atoms with Gasteiger partial charge in [-0.2, -0.15) is 0 Å². The van der Waals surface area contributed by atoms with E-state index in [0.717, 1.165) is 30.1 Å². The first-order chi connectivity index (χ1) is 9.65. The molecule has 2 N–H and O–H groups in total. The van der Waals surface area contributed by atoms with Crippen molar-refractivity contribution in [1.82, 2.24) is 9.97 Å². The first-order valence-electron chi connectivity index (χ1n) is 6.59. The molecule has 0 aliphatic rings. The van der Waals surface area contributed by atoms with Crippen LogP contribution < -0.4 is 15.4 Å². The van der Waals surface area contributed by atoms with E-state index in [1.807, 2.05) is 31.3 Å². The highest BCUT2D eigenvalue weighted by Gasteiger charge is 2.11. The largest absolute Gasteiger partial charge is 0.497 e. The van der Waals surface area contributed by atoms with Gasteiger partial charge in [0.1, 0.15) is 23.7 Å². The second-order valence-corrected chi connectivity index (χ2v) is 4.62. The minimum Gasteiger partial charge on any atom is -0.497 e. The Morgan fingerprint density at radius 1 is 1.20 bits per heavy atom. The van der Waals surface area contributed by atoms with E-state index in [-0.39, 0.29) is 0 Å². The molecule has 2 aromatic rings. The molecule has 20 heavy (non-hydrogen) atoms. The van der Waals surface area contributed by atoms with E-state index in [1.165, 1.54) is 11.9 Å². The van der Waals surface area contributed by atoms with Crippen LogP contribution in [0.3, 0.4) is 0 Å². The molecule has 0 amide bonds. The summed E-state index contributed by atoms with van der Waals surface area (Å²) in [4.78, 5) is 10.5. The lowest BCUT2D eigenvalue weighted by Crippen LogP contribution is -2.20. The van der Waals surface area contributed by atoms with Crippen LogP contribution >= 0.6 is 0 Å². The standard InChI is InChI=1S/C15H20N4O/c1-4-13-14(16)17-10-18-15(13)19(2)9-11-5-7-12(20-3)8-6-11/h5-8,10H,4,9H2,1-3H3,(H2,16,17,18). The monoisotopic (exact) mass is 272 g/mol.